The predicted octanol–water partition coefficient (Wildman–Crippen LogP) is 1.49. The molecule has 2 aliphatic heterocycles. The Labute approximate surface area is 130 Å². The number of hydrogen-bond acceptors (Lipinski definition) is 3. The monoisotopic (exact) mass is 302 g/mol. The van der Waals surface area contributed by atoms with Gasteiger partial charge in [-0.05, 0) is 24.8 Å². The van der Waals surface area contributed by atoms with E-state index in [-0.39, 0.29) is 29.8 Å². The van der Waals surface area contributed by atoms with Crippen molar-refractivity contribution < 1.29 is 14.3 Å². The maximum Gasteiger partial charge on any atom is 0.228 e. The van der Waals surface area contributed by atoms with Crippen LogP contribution >= 0.6 is 0 Å². The van der Waals surface area contributed by atoms with E-state index < -0.39 is 0 Å². The van der Waals surface area contributed by atoms with Gasteiger partial charge in [-0.15, -0.1) is 0 Å². The third-order valence-electron chi connectivity index (χ3n) is 4.67. The molecule has 1 aromatic carbocycles. The van der Waals surface area contributed by atoms with Gasteiger partial charge < -0.3 is 15.4 Å². The van der Waals surface area contributed by atoms with Gasteiger partial charge in [-0.1, -0.05) is 30.3 Å². The molecule has 3 atom stereocenters. The Morgan fingerprint density at radius 3 is 2.64 bits per heavy atom. The Bertz CT molecular complexity index is 546. The Kier molecular flexibility index (Phi) is 4.43. The van der Waals surface area contributed by atoms with Gasteiger partial charge >= 0.3 is 0 Å². The van der Waals surface area contributed by atoms with Gasteiger partial charge in [0.2, 0.25) is 11.8 Å². The number of ether oxygens (including phenoxy) is 1. The van der Waals surface area contributed by atoms with E-state index in [9.17, 15) is 9.59 Å². The normalized spacial score (nSPS) is 28.5. The van der Waals surface area contributed by atoms with E-state index in [2.05, 4.69) is 0 Å². The van der Waals surface area contributed by atoms with E-state index >= 15 is 0 Å². The maximum absolute atomic E-state index is 12.8. The molecule has 2 fully saturated rings. The lowest BCUT2D eigenvalue weighted by molar-refractivity contribution is -0.144. The van der Waals surface area contributed by atoms with Crippen molar-refractivity contribution in [2.24, 2.45) is 17.6 Å². The molecule has 0 spiro atoms. The van der Waals surface area contributed by atoms with E-state index in [0.717, 1.165) is 18.4 Å². The Morgan fingerprint density at radius 2 is 1.95 bits per heavy atom. The second-order valence-electron chi connectivity index (χ2n) is 6.12. The van der Waals surface area contributed by atoms with Crippen molar-refractivity contribution in [1.29, 1.82) is 0 Å². The molecule has 0 aromatic heterocycles. The van der Waals surface area contributed by atoms with E-state index in [1.54, 1.807) is 4.90 Å². The molecule has 3 rings (SSSR count). The minimum Gasteiger partial charge on any atom is -0.373 e. The fraction of sp³-hybridized carbons (Fsp3) is 0.529. The van der Waals surface area contributed by atoms with Crippen LogP contribution in [0.3, 0.4) is 0 Å². The molecule has 2 amide bonds. The van der Waals surface area contributed by atoms with E-state index in [4.69, 9.17) is 10.5 Å². The van der Waals surface area contributed by atoms with Crippen LogP contribution in [-0.4, -0.2) is 36.4 Å². The molecule has 2 heterocycles. The quantitative estimate of drug-likeness (QED) is 0.919. The number of hydrogen-bond donors (Lipinski definition) is 1. The van der Waals surface area contributed by atoms with Crippen LogP contribution in [0, 0.1) is 11.8 Å². The molecule has 2 N–H and O–H groups in total. The summed E-state index contributed by atoms with van der Waals surface area (Å²) in [5.74, 6) is -0.585. The second-order valence-corrected chi connectivity index (χ2v) is 6.12. The van der Waals surface area contributed by atoms with E-state index in [1.165, 1.54) is 0 Å². The zero-order valence-electron chi connectivity index (χ0n) is 12.6. The van der Waals surface area contributed by atoms with Crippen LogP contribution in [-0.2, 0) is 14.3 Å². The summed E-state index contributed by atoms with van der Waals surface area (Å²) in [4.78, 5) is 25.9. The first-order valence-electron chi connectivity index (χ1n) is 7.91. The van der Waals surface area contributed by atoms with Crippen LogP contribution in [0.25, 0.3) is 0 Å². The predicted molar refractivity (Wildman–Crippen MR) is 81.7 cm³/mol. The Balaban J connectivity index is 1.74. The van der Waals surface area contributed by atoms with Crippen LogP contribution in [0.5, 0.6) is 0 Å². The summed E-state index contributed by atoms with van der Waals surface area (Å²) in [5, 5.41) is 0. The Morgan fingerprint density at radius 1 is 1.18 bits per heavy atom. The van der Waals surface area contributed by atoms with Gasteiger partial charge in [0.25, 0.3) is 0 Å². The number of nitrogens with two attached hydrogens (primary N) is 1. The summed E-state index contributed by atoms with van der Waals surface area (Å²) in [7, 11) is 0. The molecule has 3 unspecified atom stereocenters. The van der Waals surface area contributed by atoms with Crippen molar-refractivity contribution in [3.05, 3.63) is 35.9 Å². The van der Waals surface area contributed by atoms with Gasteiger partial charge in [-0.25, -0.2) is 0 Å². The standard InChI is InChI=1S/C17H22N2O3/c18-16(20)13-8-9-19(11-13)17(21)14-7-4-10-22-15(14)12-5-2-1-3-6-12/h1-3,5-6,13-15H,4,7-11H2,(H2,18,20). The average Bonchev–Trinajstić information content (AvgIpc) is 3.05. The number of rotatable bonds is 3. The van der Waals surface area contributed by atoms with Gasteiger partial charge in [0.1, 0.15) is 0 Å². The van der Waals surface area contributed by atoms with Crippen LogP contribution in [0.4, 0.5) is 0 Å². The molecule has 0 saturated carbocycles. The summed E-state index contributed by atoms with van der Waals surface area (Å²) in [6, 6.07) is 9.90. The number of benzene rings is 1. The molecule has 0 bridgehead atoms. The first-order valence-corrected chi connectivity index (χ1v) is 7.91. The fourth-order valence-electron chi connectivity index (χ4n) is 3.43. The number of primary amides is 1. The van der Waals surface area contributed by atoms with Gasteiger partial charge in [-0.2, -0.15) is 0 Å². The maximum atomic E-state index is 12.8. The number of amides is 2. The molecule has 0 aliphatic carbocycles. The first-order chi connectivity index (χ1) is 10.7. The molecule has 2 saturated heterocycles. The SMILES string of the molecule is NC(=O)C1CCN(C(=O)C2CCCOC2c2ccccc2)C1. The van der Waals surface area contributed by atoms with Gasteiger partial charge in [0, 0.05) is 19.7 Å². The van der Waals surface area contributed by atoms with Crippen molar-refractivity contribution in [3.8, 4) is 0 Å². The summed E-state index contributed by atoms with van der Waals surface area (Å²) >= 11 is 0. The highest BCUT2D eigenvalue weighted by Gasteiger charge is 2.38. The highest BCUT2D eigenvalue weighted by molar-refractivity contribution is 5.83. The van der Waals surface area contributed by atoms with Crippen molar-refractivity contribution in [1.82, 2.24) is 4.90 Å². The minimum absolute atomic E-state index is 0.0947. The molecule has 2 aliphatic rings. The third kappa shape index (κ3) is 2.99. The molecule has 118 valence electrons. The Hall–Kier alpha value is -1.88. The summed E-state index contributed by atoms with van der Waals surface area (Å²) in [5.41, 5.74) is 6.40. The minimum atomic E-state index is -0.310. The lowest BCUT2D eigenvalue weighted by Gasteiger charge is -2.33. The molecular weight excluding hydrogens is 280 g/mol. The topological polar surface area (TPSA) is 72.6 Å². The van der Waals surface area contributed by atoms with Crippen molar-refractivity contribution >= 4 is 11.8 Å². The lowest BCUT2D eigenvalue weighted by atomic mass is 9.88. The average molecular weight is 302 g/mol. The van der Waals surface area contributed by atoms with Crippen LogP contribution in [0.2, 0.25) is 0 Å². The molecule has 1 aromatic rings. The molecule has 5 heteroatoms. The number of carbonyl (C=O) groups excluding carboxylic acids is 2. The number of nitrogens with zero attached hydrogens (tertiary/aromatic N) is 1. The molecular formula is C17H22N2O3. The van der Waals surface area contributed by atoms with Crippen molar-refractivity contribution in [2.45, 2.75) is 25.4 Å². The zero-order valence-corrected chi connectivity index (χ0v) is 12.6. The largest absolute Gasteiger partial charge is 0.373 e. The fourth-order valence-corrected chi connectivity index (χ4v) is 3.43. The van der Waals surface area contributed by atoms with Gasteiger partial charge in [0.05, 0.1) is 17.9 Å². The molecule has 5 nitrogen and oxygen atoms in total. The van der Waals surface area contributed by atoms with E-state index in [0.29, 0.717) is 26.1 Å². The van der Waals surface area contributed by atoms with Gasteiger partial charge in [0.15, 0.2) is 0 Å². The van der Waals surface area contributed by atoms with Crippen molar-refractivity contribution in [3.63, 3.8) is 0 Å². The summed E-state index contributed by atoms with van der Waals surface area (Å²) in [6.07, 6.45) is 2.21. The highest BCUT2D eigenvalue weighted by atomic mass is 16.5. The van der Waals surface area contributed by atoms with Crippen molar-refractivity contribution in [2.75, 3.05) is 19.7 Å². The second kappa shape index (κ2) is 6.48. The van der Waals surface area contributed by atoms with Crippen LogP contribution in [0.1, 0.15) is 30.9 Å². The first kappa shape index (κ1) is 15.0. The third-order valence-corrected chi connectivity index (χ3v) is 4.67. The molecule has 0 radical (unpaired) electrons. The number of carbonyl (C=O) groups is 2. The summed E-state index contributed by atoms with van der Waals surface area (Å²) < 4.78 is 5.89. The highest BCUT2D eigenvalue weighted by Crippen LogP contribution is 2.35. The number of likely N-dealkylation sites (tertiary alicyclic amines) is 1. The lowest BCUT2D eigenvalue weighted by Crippen LogP contribution is -2.40. The zero-order chi connectivity index (χ0) is 15.5. The van der Waals surface area contributed by atoms with E-state index in [1.807, 2.05) is 30.3 Å². The smallest absolute Gasteiger partial charge is 0.228 e. The van der Waals surface area contributed by atoms with Crippen LogP contribution in [0.15, 0.2) is 30.3 Å². The molecule has 22 heavy (non-hydrogen) atoms. The van der Waals surface area contributed by atoms with Gasteiger partial charge in [-0.3, -0.25) is 9.59 Å². The summed E-state index contributed by atoms with van der Waals surface area (Å²) in [6.45, 7) is 1.75. The van der Waals surface area contributed by atoms with Crippen LogP contribution < -0.4 is 5.73 Å².